The predicted molar refractivity (Wildman–Crippen MR) is 102 cm³/mol. The largest absolute Gasteiger partial charge is 0.386 e. The summed E-state index contributed by atoms with van der Waals surface area (Å²) in [5, 5.41) is 22.8. The maximum atomic E-state index is 12.7. The zero-order chi connectivity index (χ0) is 20.1. The summed E-state index contributed by atoms with van der Waals surface area (Å²) in [6.45, 7) is 3.21. The number of pyridine rings is 1. The maximum absolute atomic E-state index is 12.7. The van der Waals surface area contributed by atoms with Crippen LogP contribution in [0.4, 0.5) is 0 Å². The summed E-state index contributed by atoms with van der Waals surface area (Å²) in [5.74, 6) is -0.164. The number of benzene rings is 1. The number of carbonyl (C=O) groups excluding carboxylic acids is 2. The third kappa shape index (κ3) is 3.20. The van der Waals surface area contributed by atoms with Crippen molar-refractivity contribution in [3.63, 3.8) is 0 Å². The minimum Gasteiger partial charge on any atom is -0.386 e. The van der Waals surface area contributed by atoms with Crippen molar-refractivity contribution in [1.29, 1.82) is 5.26 Å². The zero-order valence-electron chi connectivity index (χ0n) is 15.8. The van der Waals surface area contributed by atoms with Crippen molar-refractivity contribution in [3.05, 3.63) is 41.6 Å². The lowest BCUT2D eigenvalue weighted by atomic mass is 9.95. The molecule has 4 rings (SSSR count). The third-order valence-corrected chi connectivity index (χ3v) is 5.63. The van der Waals surface area contributed by atoms with Crippen LogP contribution in [0.25, 0.3) is 10.9 Å². The molecule has 1 saturated heterocycles. The van der Waals surface area contributed by atoms with Crippen LogP contribution >= 0.6 is 0 Å². The monoisotopic (exact) mass is 378 g/mol. The second-order valence-electron chi connectivity index (χ2n) is 8.08. The number of nitrogens with zero attached hydrogens (tertiary/aromatic N) is 3. The highest BCUT2D eigenvalue weighted by Gasteiger charge is 2.53. The summed E-state index contributed by atoms with van der Waals surface area (Å²) in [6, 6.07) is 8.84. The van der Waals surface area contributed by atoms with Crippen LogP contribution in [0.15, 0.2) is 30.5 Å². The topological polar surface area (TPSA) is 106 Å². The van der Waals surface area contributed by atoms with Crippen LogP contribution in [0, 0.1) is 17.2 Å². The van der Waals surface area contributed by atoms with Crippen LogP contribution in [-0.4, -0.2) is 45.4 Å². The third-order valence-electron chi connectivity index (χ3n) is 5.63. The highest BCUT2D eigenvalue weighted by atomic mass is 16.3. The summed E-state index contributed by atoms with van der Waals surface area (Å²) in [5.41, 5.74) is 0.659. The van der Waals surface area contributed by atoms with Gasteiger partial charge in [-0.1, -0.05) is 6.07 Å². The van der Waals surface area contributed by atoms with Crippen LogP contribution in [0.5, 0.6) is 0 Å². The molecule has 7 heteroatoms. The minimum absolute atomic E-state index is 0.144. The Morgan fingerprint density at radius 3 is 2.86 bits per heavy atom. The Morgan fingerprint density at radius 2 is 2.14 bits per heavy atom. The van der Waals surface area contributed by atoms with E-state index in [1.165, 1.54) is 0 Å². The Kier molecular flexibility index (Phi) is 4.31. The quantitative estimate of drug-likeness (QED) is 0.842. The second kappa shape index (κ2) is 6.57. The molecule has 1 aliphatic carbocycles. The van der Waals surface area contributed by atoms with Gasteiger partial charge in [0.2, 0.25) is 5.91 Å². The highest BCUT2D eigenvalue weighted by molar-refractivity contribution is 6.07. The molecule has 144 valence electrons. The van der Waals surface area contributed by atoms with Crippen molar-refractivity contribution in [3.8, 4) is 6.07 Å². The van der Waals surface area contributed by atoms with Gasteiger partial charge >= 0.3 is 0 Å². The number of piperidine rings is 1. The van der Waals surface area contributed by atoms with Crippen LogP contribution in [-0.2, 0) is 10.4 Å². The predicted octanol–water partition coefficient (Wildman–Crippen LogP) is 1.70. The molecule has 0 radical (unpaired) electrons. The molecule has 1 aromatic heterocycles. The lowest BCUT2D eigenvalue weighted by Gasteiger charge is -2.22. The number of fused-ring (bicyclic) bond motifs is 2. The first-order valence-corrected chi connectivity index (χ1v) is 9.40. The average Bonchev–Trinajstić information content (AvgIpc) is 3.33. The molecule has 1 aliphatic heterocycles. The van der Waals surface area contributed by atoms with Crippen LogP contribution in [0.1, 0.15) is 42.6 Å². The molecule has 2 N–H and O–H groups in total. The summed E-state index contributed by atoms with van der Waals surface area (Å²) in [6.07, 6.45) is 3.23. The summed E-state index contributed by atoms with van der Waals surface area (Å²) < 4.78 is 0. The first kappa shape index (κ1) is 18.4. The van der Waals surface area contributed by atoms with Gasteiger partial charge in [0.05, 0.1) is 29.3 Å². The Bertz CT molecular complexity index is 1000. The SMILES string of the molecule is CC(C)(O)c1ccc2nccc(C(=O)NCC(=O)N3[C@H](C#N)C[C@@H]4C[C@@H]43)c2c1. The number of aliphatic hydroxyl groups is 1. The van der Waals surface area contributed by atoms with E-state index in [0.29, 0.717) is 27.9 Å². The van der Waals surface area contributed by atoms with E-state index >= 15 is 0 Å². The number of hydrogen-bond acceptors (Lipinski definition) is 5. The Hall–Kier alpha value is -2.98. The van der Waals surface area contributed by atoms with Crippen molar-refractivity contribution in [2.45, 2.75) is 44.4 Å². The molecule has 28 heavy (non-hydrogen) atoms. The van der Waals surface area contributed by atoms with Gasteiger partial charge in [0.15, 0.2) is 0 Å². The zero-order valence-corrected chi connectivity index (χ0v) is 15.8. The highest BCUT2D eigenvalue weighted by Crippen LogP contribution is 2.47. The molecular formula is C21H22N4O3. The molecule has 2 aromatic rings. The lowest BCUT2D eigenvalue weighted by Crippen LogP contribution is -2.44. The Morgan fingerprint density at radius 1 is 1.36 bits per heavy atom. The number of nitriles is 1. The first-order chi connectivity index (χ1) is 13.3. The van der Waals surface area contributed by atoms with Crippen molar-refractivity contribution in [2.75, 3.05) is 6.54 Å². The number of hydrogen-bond donors (Lipinski definition) is 2. The number of rotatable bonds is 4. The van der Waals surface area contributed by atoms with E-state index in [1.54, 1.807) is 49.2 Å². The van der Waals surface area contributed by atoms with Gasteiger partial charge in [0.1, 0.15) is 6.04 Å². The molecule has 1 aromatic carbocycles. The average molecular weight is 378 g/mol. The molecule has 0 bridgehead atoms. The molecule has 0 spiro atoms. The first-order valence-electron chi connectivity index (χ1n) is 9.40. The maximum Gasteiger partial charge on any atom is 0.252 e. The molecule has 2 amide bonds. The molecule has 2 heterocycles. The minimum atomic E-state index is -1.05. The Balaban J connectivity index is 1.53. The van der Waals surface area contributed by atoms with Crippen LogP contribution in [0.3, 0.4) is 0 Å². The number of likely N-dealkylation sites (tertiary alicyclic amines) is 1. The number of nitrogens with one attached hydrogen (secondary N) is 1. The summed E-state index contributed by atoms with van der Waals surface area (Å²) in [7, 11) is 0. The molecule has 2 fully saturated rings. The molecule has 7 nitrogen and oxygen atoms in total. The van der Waals surface area contributed by atoms with Gasteiger partial charge < -0.3 is 15.3 Å². The van der Waals surface area contributed by atoms with E-state index in [1.807, 2.05) is 0 Å². The number of aromatic nitrogens is 1. The van der Waals surface area contributed by atoms with E-state index in [-0.39, 0.29) is 30.4 Å². The molecule has 3 atom stereocenters. The Labute approximate surface area is 163 Å². The van der Waals surface area contributed by atoms with Gasteiger partial charge in [-0.2, -0.15) is 5.26 Å². The standard InChI is InChI=1S/C21H22N4O3/c1-21(2,28)13-3-4-17-16(9-13)15(5-6-23-17)20(27)24-11-19(26)25-14(10-22)7-12-8-18(12)25/h3-6,9,12,14,18,28H,7-8,11H2,1-2H3,(H,24,27)/t12-,14+,18+/m1/s1. The van der Waals surface area contributed by atoms with Gasteiger partial charge in [-0.3, -0.25) is 14.6 Å². The van der Waals surface area contributed by atoms with Crippen LogP contribution in [0.2, 0.25) is 0 Å². The van der Waals surface area contributed by atoms with E-state index < -0.39 is 5.60 Å². The van der Waals surface area contributed by atoms with E-state index in [9.17, 15) is 20.0 Å². The number of carbonyl (C=O) groups is 2. The van der Waals surface area contributed by atoms with E-state index in [2.05, 4.69) is 16.4 Å². The van der Waals surface area contributed by atoms with E-state index in [0.717, 1.165) is 12.8 Å². The fraction of sp³-hybridized carbons (Fsp3) is 0.429. The second-order valence-corrected chi connectivity index (χ2v) is 8.08. The molecule has 1 saturated carbocycles. The van der Waals surface area contributed by atoms with Crippen molar-refractivity contribution < 1.29 is 14.7 Å². The number of amides is 2. The molecule has 0 unspecified atom stereocenters. The summed E-state index contributed by atoms with van der Waals surface area (Å²) in [4.78, 5) is 31.2. The summed E-state index contributed by atoms with van der Waals surface area (Å²) >= 11 is 0. The van der Waals surface area contributed by atoms with Gasteiger partial charge in [0.25, 0.3) is 5.91 Å². The normalized spacial score (nSPS) is 23.2. The van der Waals surface area contributed by atoms with Crippen LogP contribution < -0.4 is 5.32 Å². The van der Waals surface area contributed by atoms with Gasteiger partial charge in [-0.25, -0.2) is 0 Å². The van der Waals surface area contributed by atoms with Gasteiger partial charge in [-0.15, -0.1) is 0 Å². The molecular weight excluding hydrogens is 356 g/mol. The van der Waals surface area contributed by atoms with Crippen molar-refractivity contribution >= 4 is 22.7 Å². The fourth-order valence-corrected chi connectivity index (χ4v) is 4.00. The smallest absolute Gasteiger partial charge is 0.252 e. The van der Waals surface area contributed by atoms with Gasteiger partial charge in [-0.05, 0) is 56.4 Å². The lowest BCUT2D eigenvalue weighted by molar-refractivity contribution is -0.131. The van der Waals surface area contributed by atoms with Crippen molar-refractivity contribution in [2.24, 2.45) is 5.92 Å². The van der Waals surface area contributed by atoms with Gasteiger partial charge in [0, 0.05) is 17.6 Å². The van der Waals surface area contributed by atoms with Crippen molar-refractivity contribution in [1.82, 2.24) is 15.2 Å². The van der Waals surface area contributed by atoms with E-state index in [4.69, 9.17) is 0 Å². The molecule has 2 aliphatic rings. The fourth-order valence-electron chi connectivity index (χ4n) is 4.00.